The van der Waals surface area contributed by atoms with Crippen LogP contribution in [0.1, 0.15) is 0 Å². The second-order valence-corrected chi connectivity index (χ2v) is 11.6. The number of Topliss-reactive ketones (excluding diaryl/α,β-unsaturated/α-hetero) is 2. The molecule has 1 radical (unpaired) electrons. The van der Waals surface area contributed by atoms with E-state index < -0.39 is 0 Å². The van der Waals surface area contributed by atoms with E-state index >= 15 is 0 Å². The Morgan fingerprint density at radius 3 is 1.22 bits per heavy atom. The molecule has 2 aromatic carbocycles. The molecule has 4 nitrogen and oxygen atoms in total. The summed E-state index contributed by atoms with van der Waals surface area (Å²) < 4.78 is 2.75. The molecule has 0 atom stereocenters. The van der Waals surface area contributed by atoms with Gasteiger partial charge in [0, 0.05) is 70.7 Å². The van der Waals surface area contributed by atoms with Gasteiger partial charge in [-0.05, 0) is 105 Å². The predicted octanol–water partition coefficient (Wildman–Crippen LogP) is 9.55. The van der Waals surface area contributed by atoms with Crippen molar-refractivity contribution in [2.45, 2.75) is 0 Å². The zero-order valence-corrected chi connectivity index (χ0v) is 27.4. The molecule has 0 aliphatic heterocycles. The zero-order valence-electron chi connectivity index (χ0n) is 18.5. The molecule has 0 heterocycles. The number of nitrogens with one attached hydrogen (secondary N) is 2. The van der Waals surface area contributed by atoms with Gasteiger partial charge in [0.1, 0.15) is 0 Å². The van der Waals surface area contributed by atoms with E-state index in [9.17, 15) is 9.59 Å². The van der Waals surface area contributed by atoms with E-state index in [0.717, 1.165) is 20.3 Å². The quantitative estimate of drug-likeness (QED) is 0.302. The largest absolute Gasteiger partial charge is 0.361 e. The fraction of sp³-hybridized carbons (Fsp3) is 0. The standard InChI is InChI=1S/2C13H8Br2ClNO.Co/c2*14-9-5-8(13(18)12(15)6-9)7-17-11-3-1-10(16)2-4-11;/h2*1-7,17H;. The maximum Gasteiger partial charge on any atom is 0.201 e. The Labute approximate surface area is 268 Å². The van der Waals surface area contributed by atoms with Crippen molar-refractivity contribution in [3.05, 3.63) is 124 Å². The Hall–Kier alpha value is -1.17. The molecule has 11 heteroatoms. The number of carbonyl (C=O) groups is 2. The Morgan fingerprint density at radius 1 is 0.568 bits per heavy atom. The smallest absolute Gasteiger partial charge is 0.201 e. The molecular weight excluding hydrogens is 822 g/mol. The Bertz CT molecular complexity index is 1260. The molecule has 2 N–H and O–H groups in total. The minimum Gasteiger partial charge on any atom is -0.361 e. The summed E-state index contributed by atoms with van der Waals surface area (Å²) in [6.45, 7) is 0. The van der Waals surface area contributed by atoms with Gasteiger partial charge in [-0.3, -0.25) is 9.59 Å². The molecule has 2 aliphatic carbocycles. The van der Waals surface area contributed by atoms with E-state index in [1.165, 1.54) is 0 Å². The van der Waals surface area contributed by atoms with Crippen LogP contribution in [0.3, 0.4) is 0 Å². The molecule has 2 aliphatic rings. The molecule has 2 aromatic rings. The summed E-state index contributed by atoms with van der Waals surface area (Å²) in [6.07, 6.45) is 10.3. The molecule has 0 unspecified atom stereocenters. The van der Waals surface area contributed by atoms with E-state index in [-0.39, 0.29) is 28.3 Å². The third-order valence-corrected chi connectivity index (χ3v) is 7.15. The van der Waals surface area contributed by atoms with Gasteiger partial charge in [-0.1, -0.05) is 55.1 Å². The van der Waals surface area contributed by atoms with Gasteiger partial charge in [0.25, 0.3) is 0 Å². The number of halogens is 6. The van der Waals surface area contributed by atoms with Crippen LogP contribution in [0.25, 0.3) is 0 Å². The molecule has 0 bridgehead atoms. The summed E-state index contributed by atoms with van der Waals surface area (Å²) in [7, 11) is 0. The summed E-state index contributed by atoms with van der Waals surface area (Å²) in [5.74, 6) is -0.112. The number of benzene rings is 2. The Morgan fingerprint density at radius 2 is 0.892 bits per heavy atom. The van der Waals surface area contributed by atoms with Crippen molar-refractivity contribution in [2.24, 2.45) is 0 Å². The van der Waals surface area contributed by atoms with Gasteiger partial charge in [-0.15, -0.1) is 0 Å². The van der Waals surface area contributed by atoms with Crippen LogP contribution in [0.5, 0.6) is 0 Å². The maximum atomic E-state index is 11.8. The average molecular weight is 838 g/mol. The first-order valence-electron chi connectivity index (χ1n) is 10.1. The van der Waals surface area contributed by atoms with E-state index in [2.05, 4.69) is 74.4 Å². The number of carbonyl (C=O) groups excluding carboxylic acids is 2. The minimum atomic E-state index is -0.0559. The number of allylic oxidation sites excluding steroid dienone is 10. The first kappa shape index (κ1) is 32.0. The molecule has 4 rings (SSSR count). The van der Waals surface area contributed by atoms with Crippen LogP contribution in [0.15, 0.2) is 114 Å². The van der Waals surface area contributed by atoms with Crippen LogP contribution in [-0.2, 0) is 26.4 Å². The molecule has 0 fully saturated rings. The fourth-order valence-electron chi connectivity index (χ4n) is 2.79. The molecule has 0 saturated heterocycles. The van der Waals surface area contributed by atoms with Crippen molar-refractivity contribution < 1.29 is 26.4 Å². The van der Waals surface area contributed by atoms with Crippen molar-refractivity contribution in [1.82, 2.24) is 0 Å². The zero-order chi connectivity index (χ0) is 26.2. The topological polar surface area (TPSA) is 58.2 Å². The van der Waals surface area contributed by atoms with Crippen molar-refractivity contribution >= 4 is 110 Å². The monoisotopic (exact) mass is 833 g/mol. The minimum absolute atomic E-state index is 0. The summed E-state index contributed by atoms with van der Waals surface area (Å²) in [6, 6.07) is 14.5. The van der Waals surface area contributed by atoms with E-state index in [1.807, 2.05) is 24.3 Å². The van der Waals surface area contributed by atoms with Gasteiger partial charge in [0.2, 0.25) is 11.6 Å². The van der Waals surface area contributed by atoms with Crippen molar-refractivity contribution in [1.29, 1.82) is 0 Å². The third kappa shape index (κ3) is 10.1. The SMILES string of the molecule is O=C1C(Br)=CC(Br)=CC1=CNc1ccc(Cl)cc1.O=C1C(Br)=CC(Br)=CC1=CNc1ccc(Cl)cc1.[Co]. The summed E-state index contributed by atoms with van der Waals surface area (Å²) in [5.41, 5.74) is 2.89. The number of hydrogen-bond acceptors (Lipinski definition) is 4. The number of anilines is 2. The second kappa shape index (κ2) is 15.4. The van der Waals surface area contributed by atoms with Gasteiger partial charge in [0.15, 0.2) is 0 Å². The van der Waals surface area contributed by atoms with Crippen LogP contribution in [-0.4, -0.2) is 11.6 Å². The molecule has 0 aromatic heterocycles. The number of ketones is 2. The van der Waals surface area contributed by atoms with E-state index in [1.54, 1.807) is 61.0 Å². The normalized spacial score (nSPS) is 17.0. The third-order valence-electron chi connectivity index (χ3n) is 4.55. The van der Waals surface area contributed by atoms with Crippen LogP contribution in [0, 0.1) is 0 Å². The van der Waals surface area contributed by atoms with Crippen molar-refractivity contribution in [3.63, 3.8) is 0 Å². The van der Waals surface area contributed by atoms with Crippen molar-refractivity contribution in [2.75, 3.05) is 10.6 Å². The first-order chi connectivity index (χ1) is 17.1. The molecule has 0 amide bonds. The summed E-state index contributed by atoms with van der Waals surface area (Å²) in [5, 5.41) is 7.47. The summed E-state index contributed by atoms with van der Waals surface area (Å²) >= 11 is 24.7. The van der Waals surface area contributed by atoms with Crippen LogP contribution < -0.4 is 10.6 Å². The first-order valence-corrected chi connectivity index (χ1v) is 14.1. The molecule has 0 saturated carbocycles. The Balaban J connectivity index is 0.000000253. The Kier molecular flexibility index (Phi) is 13.4. The molecule has 37 heavy (non-hydrogen) atoms. The van der Waals surface area contributed by atoms with E-state index in [0.29, 0.717) is 30.2 Å². The molecular formula is C26H16Br4Cl2CoN2O2. The number of hydrogen-bond donors (Lipinski definition) is 2. The molecule has 0 spiro atoms. The average Bonchev–Trinajstić information content (AvgIpc) is 2.84. The number of rotatable bonds is 4. The van der Waals surface area contributed by atoms with Crippen molar-refractivity contribution in [3.8, 4) is 0 Å². The molecule has 193 valence electrons. The second-order valence-electron chi connectivity index (χ2n) is 7.20. The van der Waals surface area contributed by atoms with Gasteiger partial charge in [-0.2, -0.15) is 0 Å². The maximum absolute atomic E-state index is 11.8. The van der Waals surface area contributed by atoms with Gasteiger partial charge in [-0.25, -0.2) is 0 Å². The van der Waals surface area contributed by atoms with Crippen LogP contribution in [0.4, 0.5) is 11.4 Å². The van der Waals surface area contributed by atoms with Crippen LogP contribution in [0.2, 0.25) is 10.0 Å². The summed E-state index contributed by atoms with van der Waals surface area (Å²) in [4.78, 5) is 23.7. The van der Waals surface area contributed by atoms with E-state index in [4.69, 9.17) is 23.2 Å². The fourth-order valence-corrected chi connectivity index (χ4v) is 5.56. The van der Waals surface area contributed by atoms with Gasteiger partial charge in [0.05, 0.1) is 8.96 Å². The van der Waals surface area contributed by atoms with Crippen LogP contribution >= 0.6 is 86.9 Å². The predicted molar refractivity (Wildman–Crippen MR) is 164 cm³/mol. The van der Waals surface area contributed by atoms with Gasteiger partial charge >= 0.3 is 0 Å². The van der Waals surface area contributed by atoms with Gasteiger partial charge < -0.3 is 10.6 Å².